The number of benzene rings is 1. The molecule has 3 aromatic rings. The number of nitrogens with zero attached hydrogens (tertiary/aromatic N) is 3. The lowest BCUT2D eigenvalue weighted by molar-refractivity contribution is 0.0948. The number of pyridine rings is 1. The highest BCUT2D eigenvalue weighted by Crippen LogP contribution is 2.27. The molecule has 2 aromatic heterocycles. The van der Waals surface area contributed by atoms with Crippen LogP contribution in [0.2, 0.25) is 0 Å². The molecule has 3 rings (SSSR count). The number of hydrogen-bond acceptors (Lipinski definition) is 4. The zero-order chi connectivity index (χ0) is 21.8. The van der Waals surface area contributed by atoms with Crippen LogP contribution in [0.3, 0.4) is 0 Å². The van der Waals surface area contributed by atoms with E-state index in [-0.39, 0.29) is 29.3 Å². The van der Waals surface area contributed by atoms with Crippen molar-refractivity contribution in [2.75, 3.05) is 0 Å². The fourth-order valence-corrected chi connectivity index (χ4v) is 3.28. The van der Waals surface area contributed by atoms with Crippen molar-refractivity contribution in [1.82, 2.24) is 20.1 Å². The Bertz CT molecular complexity index is 1110. The van der Waals surface area contributed by atoms with Crippen molar-refractivity contribution < 1.29 is 13.6 Å². The topological polar surface area (TPSA) is 76.9 Å². The van der Waals surface area contributed by atoms with Crippen LogP contribution in [0.4, 0.5) is 8.78 Å². The van der Waals surface area contributed by atoms with Crippen LogP contribution in [0.1, 0.15) is 53.6 Å². The van der Waals surface area contributed by atoms with Gasteiger partial charge in [-0.05, 0) is 44.5 Å². The Hall–Kier alpha value is -3.42. The molecular weight excluding hydrogens is 390 g/mol. The van der Waals surface area contributed by atoms with Crippen LogP contribution in [0.25, 0.3) is 11.1 Å². The highest BCUT2D eigenvalue weighted by molar-refractivity contribution is 5.95. The Morgan fingerprint density at radius 2 is 1.97 bits per heavy atom. The average molecular weight is 412 g/mol. The van der Waals surface area contributed by atoms with Gasteiger partial charge in [-0.3, -0.25) is 9.59 Å². The molecule has 0 bridgehead atoms. The van der Waals surface area contributed by atoms with E-state index in [9.17, 15) is 18.4 Å². The average Bonchev–Trinajstić information content (AvgIpc) is 2.73. The highest BCUT2D eigenvalue weighted by atomic mass is 19.3. The lowest BCUT2D eigenvalue weighted by Crippen LogP contribution is -2.31. The first-order valence-corrected chi connectivity index (χ1v) is 9.48. The largest absolute Gasteiger partial charge is 0.348 e. The first-order valence-electron chi connectivity index (χ1n) is 9.48. The second kappa shape index (κ2) is 8.94. The number of rotatable bonds is 6. The van der Waals surface area contributed by atoms with Crippen LogP contribution in [0, 0.1) is 6.92 Å². The van der Waals surface area contributed by atoms with Crippen molar-refractivity contribution in [1.29, 1.82) is 0 Å². The maximum atomic E-state index is 13.2. The Morgan fingerprint density at radius 3 is 2.60 bits per heavy atom. The number of carbonyl (C=O) groups is 1. The summed E-state index contributed by atoms with van der Waals surface area (Å²) in [7, 11) is 0. The summed E-state index contributed by atoms with van der Waals surface area (Å²) in [5.74, 6) is -0.564. The molecule has 2 heterocycles. The van der Waals surface area contributed by atoms with Crippen molar-refractivity contribution in [3.8, 4) is 11.1 Å². The smallest absolute Gasteiger partial charge is 0.263 e. The summed E-state index contributed by atoms with van der Waals surface area (Å²) >= 11 is 0. The first kappa shape index (κ1) is 21.3. The third-order valence-electron chi connectivity index (χ3n) is 4.77. The third kappa shape index (κ3) is 4.42. The lowest BCUT2D eigenvalue weighted by atomic mass is 9.98. The normalized spacial score (nSPS) is 11.2. The summed E-state index contributed by atoms with van der Waals surface area (Å²) in [6, 6.07) is 9.03. The number of amides is 1. The molecule has 0 unspecified atom stereocenters. The van der Waals surface area contributed by atoms with Gasteiger partial charge in [0.2, 0.25) is 5.43 Å². The molecule has 0 saturated heterocycles. The number of hydrogen-bond donors (Lipinski definition) is 1. The van der Waals surface area contributed by atoms with E-state index < -0.39 is 17.8 Å². The molecule has 1 amide bonds. The summed E-state index contributed by atoms with van der Waals surface area (Å²) in [4.78, 5) is 26.0. The Kier molecular flexibility index (Phi) is 6.34. The molecule has 1 N–H and O–H groups in total. The summed E-state index contributed by atoms with van der Waals surface area (Å²) in [6.07, 6.45) is 0.373. The van der Waals surface area contributed by atoms with Crippen LogP contribution in [0.15, 0.2) is 53.6 Å². The number of aromatic nitrogens is 3. The fraction of sp³-hybridized carbons (Fsp3) is 0.273. The molecule has 8 heteroatoms. The second-order valence-corrected chi connectivity index (χ2v) is 7.16. The predicted octanol–water partition coefficient (Wildman–Crippen LogP) is 4.06. The summed E-state index contributed by atoms with van der Waals surface area (Å²) < 4.78 is 28.2. The standard InChI is InChI=1S/C22H22F2N4O2/c1-13(2)28-12-18(22(30)25-11-17-8-5-9-26-27-17)20(29)19(14(28)3)15-6-4-7-16(10-15)21(23)24/h4-10,12-13,21H,11H2,1-3H3,(H,25,30). The van der Waals surface area contributed by atoms with Gasteiger partial charge in [0.15, 0.2) is 0 Å². The summed E-state index contributed by atoms with van der Waals surface area (Å²) in [6.45, 7) is 5.68. The van der Waals surface area contributed by atoms with Gasteiger partial charge >= 0.3 is 0 Å². The van der Waals surface area contributed by atoms with Gasteiger partial charge in [0.25, 0.3) is 12.3 Å². The van der Waals surface area contributed by atoms with E-state index >= 15 is 0 Å². The monoisotopic (exact) mass is 412 g/mol. The molecule has 0 saturated carbocycles. The van der Waals surface area contributed by atoms with E-state index in [2.05, 4.69) is 15.5 Å². The van der Waals surface area contributed by atoms with Gasteiger partial charge in [-0.15, -0.1) is 0 Å². The summed E-state index contributed by atoms with van der Waals surface area (Å²) in [5.41, 5.74) is 0.994. The van der Waals surface area contributed by atoms with E-state index in [0.29, 0.717) is 17.0 Å². The number of carbonyl (C=O) groups excluding carboxylic acids is 1. The van der Waals surface area contributed by atoms with Gasteiger partial charge in [0.1, 0.15) is 5.56 Å². The molecule has 30 heavy (non-hydrogen) atoms. The Balaban J connectivity index is 2.07. The van der Waals surface area contributed by atoms with Crippen molar-refractivity contribution in [2.45, 2.75) is 39.8 Å². The van der Waals surface area contributed by atoms with Gasteiger partial charge in [-0.25, -0.2) is 8.78 Å². The van der Waals surface area contributed by atoms with E-state index in [1.54, 1.807) is 29.7 Å². The maximum Gasteiger partial charge on any atom is 0.263 e. The minimum Gasteiger partial charge on any atom is -0.348 e. The molecule has 1 aromatic carbocycles. The zero-order valence-corrected chi connectivity index (χ0v) is 16.9. The van der Waals surface area contributed by atoms with Crippen molar-refractivity contribution in [2.24, 2.45) is 0 Å². The predicted molar refractivity (Wildman–Crippen MR) is 109 cm³/mol. The van der Waals surface area contributed by atoms with Crippen LogP contribution < -0.4 is 10.7 Å². The van der Waals surface area contributed by atoms with Crippen molar-refractivity contribution in [3.63, 3.8) is 0 Å². The molecule has 0 aliphatic carbocycles. The van der Waals surface area contributed by atoms with Crippen molar-refractivity contribution in [3.05, 3.63) is 81.5 Å². The maximum absolute atomic E-state index is 13.2. The molecule has 0 radical (unpaired) electrons. The highest BCUT2D eigenvalue weighted by Gasteiger charge is 2.21. The minimum atomic E-state index is -2.66. The Labute approximate surface area is 172 Å². The first-order chi connectivity index (χ1) is 14.3. The number of alkyl halides is 2. The molecular formula is C22H22F2N4O2. The van der Waals surface area contributed by atoms with Gasteiger partial charge in [-0.1, -0.05) is 18.2 Å². The third-order valence-corrected chi connectivity index (χ3v) is 4.77. The molecule has 6 nitrogen and oxygen atoms in total. The van der Waals surface area contributed by atoms with Gasteiger partial charge in [0.05, 0.1) is 12.2 Å². The van der Waals surface area contributed by atoms with Crippen LogP contribution in [0.5, 0.6) is 0 Å². The summed E-state index contributed by atoms with van der Waals surface area (Å²) in [5, 5.41) is 10.3. The minimum absolute atomic E-state index is 0.0471. The number of nitrogens with one attached hydrogen (secondary N) is 1. The SMILES string of the molecule is Cc1c(-c2cccc(C(F)F)c2)c(=O)c(C(=O)NCc2cccnn2)cn1C(C)C. The molecule has 156 valence electrons. The molecule has 0 fully saturated rings. The molecule has 0 aliphatic heterocycles. The van der Waals surface area contributed by atoms with E-state index in [1.165, 1.54) is 30.6 Å². The van der Waals surface area contributed by atoms with E-state index in [0.717, 1.165) is 0 Å². The number of halogens is 2. The van der Waals surface area contributed by atoms with Crippen LogP contribution in [-0.2, 0) is 6.54 Å². The molecule has 0 aliphatic rings. The van der Waals surface area contributed by atoms with Gasteiger partial charge < -0.3 is 9.88 Å². The van der Waals surface area contributed by atoms with Gasteiger partial charge in [0, 0.05) is 35.3 Å². The second-order valence-electron chi connectivity index (χ2n) is 7.16. The van der Waals surface area contributed by atoms with Crippen molar-refractivity contribution >= 4 is 5.91 Å². The van der Waals surface area contributed by atoms with E-state index in [1.807, 2.05) is 13.8 Å². The Morgan fingerprint density at radius 1 is 1.20 bits per heavy atom. The quantitative estimate of drug-likeness (QED) is 0.662. The molecule has 0 spiro atoms. The zero-order valence-electron chi connectivity index (χ0n) is 16.9. The van der Waals surface area contributed by atoms with Gasteiger partial charge in [-0.2, -0.15) is 10.2 Å². The van der Waals surface area contributed by atoms with E-state index in [4.69, 9.17) is 0 Å². The van der Waals surface area contributed by atoms with Crippen LogP contribution in [-0.4, -0.2) is 20.7 Å². The lowest BCUT2D eigenvalue weighted by Gasteiger charge is -2.20. The fourth-order valence-electron chi connectivity index (χ4n) is 3.28. The molecule has 0 atom stereocenters. The van der Waals surface area contributed by atoms with Crippen LogP contribution >= 0.6 is 0 Å².